The molecule has 6 nitrogen and oxygen atoms in total. The van der Waals surface area contributed by atoms with E-state index < -0.39 is 17.6 Å². The van der Waals surface area contributed by atoms with Crippen molar-refractivity contribution in [3.05, 3.63) is 69.4 Å². The fourth-order valence-corrected chi connectivity index (χ4v) is 4.51. The third-order valence-corrected chi connectivity index (χ3v) is 7.11. The van der Waals surface area contributed by atoms with E-state index in [1.54, 1.807) is 16.9 Å². The Morgan fingerprint density at radius 3 is 2.47 bits per heavy atom. The first-order chi connectivity index (χ1) is 16.9. The van der Waals surface area contributed by atoms with Crippen LogP contribution in [0.5, 0.6) is 5.75 Å². The summed E-state index contributed by atoms with van der Waals surface area (Å²) in [6.45, 7) is 12.9. The maximum Gasteiger partial charge on any atom is 0.416 e. The average molecular weight is 524 g/mol. The van der Waals surface area contributed by atoms with E-state index in [0.29, 0.717) is 23.7 Å². The Kier molecular flexibility index (Phi) is 8.84. The lowest BCUT2D eigenvalue weighted by Crippen LogP contribution is -2.28. The third-order valence-electron chi connectivity index (χ3n) is 5.66. The first-order valence-electron chi connectivity index (χ1n) is 11.8. The van der Waals surface area contributed by atoms with E-state index in [9.17, 15) is 18.0 Å². The molecular weight excluding hydrogens is 491 g/mol. The number of thiazole rings is 1. The molecule has 0 fully saturated rings. The number of benzene rings is 1. The van der Waals surface area contributed by atoms with Gasteiger partial charge in [-0.2, -0.15) is 18.2 Å². The number of carbonyl (C=O) groups is 1. The number of amides is 1. The van der Waals surface area contributed by atoms with Gasteiger partial charge in [0.05, 0.1) is 23.9 Å². The molecule has 1 aromatic carbocycles. The first-order valence-corrected chi connectivity index (χ1v) is 12.6. The summed E-state index contributed by atoms with van der Waals surface area (Å²) in [4.78, 5) is 21.0. The summed E-state index contributed by atoms with van der Waals surface area (Å²) in [6.07, 6.45) is -1.15. The van der Waals surface area contributed by atoms with Crippen molar-refractivity contribution in [2.75, 3.05) is 26.2 Å². The van der Waals surface area contributed by atoms with Gasteiger partial charge in [0.1, 0.15) is 18.1 Å². The molecule has 3 rings (SSSR count). The van der Waals surface area contributed by atoms with Crippen LogP contribution < -0.4 is 9.54 Å². The van der Waals surface area contributed by atoms with Gasteiger partial charge >= 0.3 is 6.18 Å². The van der Waals surface area contributed by atoms with Crippen LogP contribution >= 0.6 is 11.3 Å². The summed E-state index contributed by atoms with van der Waals surface area (Å²) in [5.74, 6) is -0.0508. The Balaban J connectivity index is 2.01. The van der Waals surface area contributed by atoms with E-state index in [4.69, 9.17) is 9.15 Å². The molecule has 0 aliphatic rings. The summed E-state index contributed by atoms with van der Waals surface area (Å²) in [5.41, 5.74) is -1.36. The molecule has 0 radical (unpaired) electrons. The van der Waals surface area contributed by atoms with Crippen molar-refractivity contribution < 1.29 is 27.1 Å². The van der Waals surface area contributed by atoms with Gasteiger partial charge in [0.25, 0.3) is 5.91 Å². The number of alkyl halides is 3. The molecule has 0 saturated heterocycles. The molecule has 0 bridgehead atoms. The van der Waals surface area contributed by atoms with Gasteiger partial charge in [-0.15, -0.1) is 11.3 Å². The normalized spacial score (nSPS) is 13.0. The standard InChI is InChI=1S/C26H32F3N3O3S/c1-6-31(7-2)12-14-35-21-11-10-18(26(27,28)29)15-20(21)23(33)30-24-32(16-19-9-8-13-34-19)17-22(36-24)25(3,4)5/h8-11,13,15,17H,6-7,12,14,16H2,1-5H3/b30-24-. The van der Waals surface area contributed by atoms with Gasteiger partial charge in [-0.3, -0.25) is 4.79 Å². The molecule has 3 aromatic rings. The molecule has 0 N–H and O–H groups in total. The summed E-state index contributed by atoms with van der Waals surface area (Å²) < 4.78 is 53.3. The van der Waals surface area contributed by atoms with Gasteiger partial charge in [0, 0.05) is 17.6 Å². The average Bonchev–Trinajstić information content (AvgIpc) is 3.46. The monoisotopic (exact) mass is 523 g/mol. The minimum absolute atomic E-state index is 0.0779. The summed E-state index contributed by atoms with van der Waals surface area (Å²) in [7, 11) is 0. The Hall–Kier alpha value is -2.85. The molecule has 0 saturated carbocycles. The number of furan rings is 1. The maximum absolute atomic E-state index is 13.4. The molecule has 0 spiro atoms. The molecule has 196 valence electrons. The minimum Gasteiger partial charge on any atom is -0.491 e. The number of nitrogens with zero attached hydrogens (tertiary/aromatic N) is 3. The Morgan fingerprint density at radius 1 is 1.17 bits per heavy atom. The van der Waals surface area contributed by atoms with Crippen molar-refractivity contribution in [3.8, 4) is 5.75 Å². The molecule has 0 aliphatic carbocycles. The van der Waals surface area contributed by atoms with Crippen LogP contribution in [0.15, 0.2) is 52.2 Å². The van der Waals surface area contributed by atoms with Crippen LogP contribution in [-0.2, 0) is 18.1 Å². The second-order valence-corrected chi connectivity index (χ2v) is 10.3. The molecule has 10 heteroatoms. The quantitative estimate of drug-likeness (QED) is 0.347. The zero-order valence-corrected chi connectivity index (χ0v) is 22.0. The van der Waals surface area contributed by atoms with Crippen LogP contribution in [0.4, 0.5) is 13.2 Å². The van der Waals surface area contributed by atoms with Crippen LogP contribution in [0.3, 0.4) is 0 Å². The smallest absolute Gasteiger partial charge is 0.416 e. The van der Waals surface area contributed by atoms with Crippen molar-refractivity contribution in [3.63, 3.8) is 0 Å². The highest BCUT2D eigenvalue weighted by atomic mass is 32.1. The lowest BCUT2D eigenvalue weighted by atomic mass is 9.95. The number of hydrogen-bond donors (Lipinski definition) is 0. The van der Waals surface area contributed by atoms with Crippen LogP contribution in [0.25, 0.3) is 0 Å². The van der Waals surface area contributed by atoms with Crippen LogP contribution in [0, 0.1) is 0 Å². The Bertz CT molecular complexity index is 1220. The molecule has 36 heavy (non-hydrogen) atoms. The lowest BCUT2D eigenvalue weighted by Gasteiger charge is -2.19. The first kappa shape index (κ1) is 27.7. The molecule has 0 unspecified atom stereocenters. The minimum atomic E-state index is -4.60. The molecular formula is C26H32F3N3O3S. The van der Waals surface area contributed by atoms with Crippen molar-refractivity contribution in [2.45, 2.75) is 52.8 Å². The molecule has 0 atom stereocenters. The Labute approximate surface area is 213 Å². The molecule has 1 amide bonds. The molecule has 0 aliphatic heterocycles. The number of carbonyl (C=O) groups excluding carboxylic acids is 1. The van der Waals surface area contributed by atoms with Gasteiger partial charge in [-0.1, -0.05) is 34.6 Å². The maximum atomic E-state index is 13.4. The van der Waals surface area contributed by atoms with Crippen molar-refractivity contribution in [2.24, 2.45) is 4.99 Å². The Morgan fingerprint density at radius 2 is 1.89 bits per heavy atom. The zero-order chi connectivity index (χ0) is 26.5. The largest absolute Gasteiger partial charge is 0.491 e. The highest BCUT2D eigenvalue weighted by Gasteiger charge is 2.32. The van der Waals surface area contributed by atoms with E-state index in [-0.39, 0.29) is 23.3 Å². The lowest BCUT2D eigenvalue weighted by molar-refractivity contribution is -0.137. The topological polar surface area (TPSA) is 60.0 Å². The predicted molar refractivity (Wildman–Crippen MR) is 133 cm³/mol. The predicted octanol–water partition coefficient (Wildman–Crippen LogP) is 5.97. The number of ether oxygens (including phenoxy) is 1. The fourth-order valence-electron chi connectivity index (χ4n) is 3.47. The van der Waals surface area contributed by atoms with E-state index in [1.165, 1.54) is 17.4 Å². The number of halogens is 3. The van der Waals surface area contributed by atoms with Crippen molar-refractivity contribution in [1.29, 1.82) is 0 Å². The van der Waals surface area contributed by atoms with E-state index in [0.717, 1.165) is 30.1 Å². The SMILES string of the molecule is CCN(CC)CCOc1ccc(C(F)(F)F)cc1C(=O)/N=c1\sc(C(C)(C)C)cn1Cc1ccco1. The van der Waals surface area contributed by atoms with E-state index in [1.807, 2.05) is 46.9 Å². The van der Waals surface area contributed by atoms with E-state index >= 15 is 0 Å². The molecule has 2 aromatic heterocycles. The van der Waals surface area contributed by atoms with Crippen molar-refractivity contribution >= 4 is 17.2 Å². The molecule has 2 heterocycles. The van der Waals surface area contributed by atoms with Gasteiger partial charge in [0.15, 0.2) is 4.80 Å². The number of likely N-dealkylation sites (N-methyl/N-ethyl adjacent to an activating group) is 1. The van der Waals surface area contributed by atoms with Crippen LogP contribution in [0.2, 0.25) is 0 Å². The second-order valence-electron chi connectivity index (χ2n) is 9.34. The number of aromatic nitrogens is 1. The highest BCUT2D eigenvalue weighted by molar-refractivity contribution is 7.09. The zero-order valence-electron chi connectivity index (χ0n) is 21.2. The number of rotatable bonds is 9. The summed E-state index contributed by atoms with van der Waals surface area (Å²) >= 11 is 1.32. The van der Waals surface area contributed by atoms with Gasteiger partial charge in [-0.05, 0) is 48.8 Å². The summed E-state index contributed by atoms with van der Waals surface area (Å²) in [5, 5.41) is 0. The third kappa shape index (κ3) is 7.10. The fraction of sp³-hybridized carbons (Fsp3) is 0.462. The summed E-state index contributed by atoms with van der Waals surface area (Å²) in [6, 6.07) is 6.50. The van der Waals surface area contributed by atoms with Gasteiger partial charge in [-0.25, -0.2) is 0 Å². The van der Waals surface area contributed by atoms with E-state index in [2.05, 4.69) is 9.89 Å². The van der Waals surface area contributed by atoms with Crippen LogP contribution in [0.1, 0.15) is 61.2 Å². The van der Waals surface area contributed by atoms with Crippen molar-refractivity contribution in [1.82, 2.24) is 9.47 Å². The van der Waals surface area contributed by atoms with Crippen LogP contribution in [-0.4, -0.2) is 41.6 Å². The highest BCUT2D eigenvalue weighted by Crippen LogP contribution is 2.33. The number of hydrogen-bond acceptors (Lipinski definition) is 5. The second kappa shape index (κ2) is 11.5. The van der Waals surface area contributed by atoms with Gasteiger partial charge in [0.2, 0.25) is 0 Å². The van der Waals surface area contributed by atoms with Gasteiger partial charge < -0.3 is 18.6 Å².